The molecule has 0 radical (unpaired) electrons. The smallest absolute Gasteiger partial charge is 0.0281 e. The Bertz CT molecular complexity index is 369. The van der Waals surface area contributed by atoms with E-state index in [1.807, 2.05) is 0 Å². The largest absolute Gasteiger partial charge is 0.314 e. The normalized spacial score (nSPS) is 17.9. The number of rotatable bonds is 5. The Morgan fingerprint density at radius 1 is 1.16 bits per heavy atom. The van der Waals surface area contributed by atoms with Gasteiger partial charge in [0.2, 0.25) is 0 Å². The van der Waals surface area contributed by atoms with Gasteiger partial charge in [0.1, 0.15) is 0 Å². The van der Waals surface area contributed by atoms with Gasteiger partial charge in [-0.05, 0) is 26.5 Å². The molecule has 1 heterocycles. The molecule has 3 heteroatoms. The summed E-state index contributed by atoms with van der Waals surface area (Å²) in [6.07, 6.45) is 0. The summed E-state index contributed by atoms with van der Waals surface area (Å²) in [6, 6.07) is 10.7. The molecule has 1 saturated heterocycles. The van der Waals surface area contributed by atoms with E-state index in [-0.39, 0.29) is 5.54 Å². The van der Waals surface area contributed by atoms with Crippen LogP contribution in [0.5, 0.6) is 0 Å². The highest BCUT2D eigenvalue weighted by Crippen LogP contribution is 2.17. The summed E-state index contributed by atoms with van der Waals surface area (Å²) in [5.74, 6) is 0. The third-order valence-corrected chi connectivity index (χ3v) is 3.93. The minimum Gasteiger partial charge on any atom is -0.314 e. The predicted molar refractivity (Wildman–Crippen MR) is 81.3 cm³/mol. The SMILES string of the molecule is CN(Cc1ccccc1)CC(C)(C)N1CCNCC1. The zero-order valence-corrected chi connectivity index (χ0v) is 12.5. The van der Waals surface area contributed by atoms with E-state index >= 15 is 0 Å². The first-order valence-electron chi connectivity index (χ1n) is 7.26. The standard InChI is InChI=1S/C16H27N3/c1-16(2,19-11-9-17-10-12-19)14-18(3)13-15-7-5-4-6-8-15/h4-8,17H,9-14H2,1-3H3. The van der Waals surface area contributed by atoms with Crippen LogP contribution in [-0.4, -0.2) is 55.1 Å². The van der Waals surface area contributed by atoms with Crippen molar-refractivity contribution in [2.75, 3.05) is 39.8 Å². The van der Waals surface area contributed by atoms with Gasteiger partial charge in [0, 0.05) is 44.8 Å². The molecule has 0 atom stereocenters. The van der Waals surface area contributed by atoms with Crippen molar-refractivity contribution in [2.45, 2.75) is 25.9 Å². The molecule has 3 nitrogen and oxygen atoms in total. The summed E-state index contributed by atoms with van der Waals surface area (Å²) in [4.78, 5) is 5.03. The zero-order valence-electron chi connectivity index (χ0n) is 12.5. The average molecular weight is 261 g/mol. The second-order valence-electron chi connectivity index (χ2n) is 6.21. The Morgan fingerprint density at radius 3 is 2.42 bits per heavy atom. The van der Waals surface area contributed by atoms with Gasteiger partial charge in [-0.25, -0.2) is 0 Å². The Labute approximate surface area is 117 Å². The van der Waals surface area contributed by atoms with Crippen molar-refractivity contribution in [3.8, 4) is 0 Å². The summed E-state index contributed by atoms with van der Waals surface area (Å²) in [6.45, 7) is 11.4. The first-order valence-corrected chi connectivity index (χ1v) is 7.26. The van der Waals surface area contributed by atoms with Crippen LogP contribution in [0, 0.1) is 0 Å². The fourth-order valence-corrected chi connectivity index (χ4v) is 2.98. The quantitative estimate of drug-likeness (QED) is 0.872. The minimum atomic E-state index is 0.242. The molecule has 1 aromatic rings. The number of nitrogens with one attached hydrogen (secondary N) is 1. The van der Waals surface area contributed by atoms with Gasteiger partial charge in [0.05, 0.1) is 0 Å². The minimum absolute atomic E-state index is 0.242. The maximum atomic E-state index is 3.42. The molecule has 1 fully saturated rings. The Hall–Kier alpha value is -0.900. The van der Waals surface area contributed by atoms with Gasteiger partial charge in [-0.2, -0.15) is 0 Å². The fraction of sp³-hybridized carbons (Fsp3) is 0.625. The molecule has 1 aromatic carbocycles. The van der Waals surface area contributed by atoms with E-state index in [0.29, 0.717) is 0 Å². The number of benzene rings is 1. The first-order chi connectivity index (χ1) is 9.08. The molecule has 106 valence electrons. The van der Waals surface area contributed by atoms with Crippen molar-refractivity contribution in [1.82, 2.24) is 15.1 Å². The van der Waals surface area contributed by atoms with E-state index in [2.05, 4.69) is 66.3 Å². The molecule has 2 rings (SSSR count). The molecular formula is C16H27N3. The van der Waals surface area contributed by atoms with Crippen LogP contribution in [0.15, 0.2) is 30.3 Å². The summed E-state index contributed by atoms with van der Waals surface area (Å²) in [5.41, 5.74) is 1.63. The van der Waals surface area contributed by atoms with Crippen LogP contribution in [-0.2, 0) is 6.54 Å². The number of hydrogen-bond donors (Lipinski definition) is 1. The van der Waals surface area contributed by atoms with Crippen LogP contribution in [0.4, 0.5) is 0 Å². The Balaban J connectivity index is 1.88. The molecule has 0 aromatic heterocycles. The van der Waals surface area contributed by atoms with Crippen molar-refractivity contribution < 1.29 is 0 Å². The maximum absolute atomic E-state index is 3.42. The summed E-state index contributed by atoms with van der Waals surface area (Å²) in [5, 5.41) is 3.42. The van der Waals surface area contributed by atoms with Crippen molar-refractivity contribution in [3.05, 3.63) is 35.9 Å². The van der Waals surface area contributed by atoms with E-state index < -0.39 is 0 Å². The number of hydrogen-bond acceptors (Lipinski definition) is 3. The molecule has 0 aliphatic carbocycles. The molecule has 19 heavy (non-hydrogen) atoms. The van der Waals surface area contributed by atoms with Gasteiger partial charge in [0.15, 0.2) is 0 Å². The highest BCUT2D eigenvalue weighted by Gasteiger charge is 2.28. The van der Waals surface area contributed by atoms with E-state index in [4.69, 9.17) is 0 Å². The van der Waals surface area contributed by atoms with Gasteiger partial charge in [-0.15, -0.1) is 0 Å². The Morgan fingerprint density at radius 2 is 1.79 bits per heavy atom. The lowest BCUT2D eigenvalue weighted by Crippen LogP contribution is -2.57. The molecule has 1 aliphatic rings. The van der Waals surface area contributed by atoms with Crippen molar-refractivity contribution >= 4 is 0 Å². The molecule has 0 saturated carbocycles. The first kappa shape index (κ1) is 14.5. The van der Waals surface area contributed by atoms with Gasteiger partial charge in [-0.1, -0.05) is 30.3 Å². The molecule has 0 bridgehead atoms. The number of likely N-dealkylation sites (N-methyl/N-ethyl adjacent to an activating group) is 1. The lowest BCUT2D eigenvalue weighted by atomic mass is 10.0. The number of piperazine rings is 1. The van der Waals surface area contributed by atoms with E-state index in [1.165, 1.54) is 5.56 Å². The van der Waals surface area contributed by atoms with Gasteiger partial charge >= 0.3 is 0 Å². The molecule has 1 N–H and O–H groups in total. The van der Waals surface area contributed by atoms with E-state index in [9.17, 15) is 0 Å². The van der Waals surface area contributed by atoms with Crippen LogP contribution < -0.4 is 5.32 Å². The van der Waals surface area contributed by atoms with Crippen LogP contribution in [0.3, 0.4) is 0 Å². The third kappa shape index (κ3) is 4.30. The average Bonchev–Trinajstić information content (AvgIpc) is 2.40. The molecule has 0 unspecified atom stereocenters. The van der Waals surface area contributed by atoms with E-state index in [1.54, 1.807) is 0 Å². The zero-order chi connectivity index (χ0) is 13.7. The van der Waals surface area contributed by atoms with Crippen LogP contribution in [0.25, 0.3) is 0 Å². The topological polar surface area (TPSA) is 18.5 Å². The maximum Gasteiger partial charge on any atom is 0.0281 e. The molecule has 0 spiro atoms. The highest BCUT2D eigenvalue weighted by molar-refractivity contribution is 5.14. The second kappa shape index (κ2) is 6.51. The summed E-state index contributed by atoms with van der Waals surface area (Å²) in [7, 11) is 2.22. The lowest BCUT2D eigenvalue weighted by molar-refractivity contribution is 0.0693. The Kier molecular flexibility index (Phi) is 4.97. The highest BCUT2D eigenvalue weighted by atomic mass is 15.3. The van der Waals surface area contributed by atoms with E-state index in [0.717, 1.165) is 39.3 Å². The lowest BCUT2D eigenvalue weighted by Gasteiger charge is -2.43. The van der Waals surface area contributed by atoms with Crippen molar-refractivity contribution in [2.24, 2.45) is 0 Å². The predicted octanol–water partition coefficient (Wildman–Crippen LogP) is 1.80. The van der Waals surface area contributed by atoms with Gasteiger partial charge in [-0.3, -0.25) is 4.90 Å². The van der Waals surface area contributed by atoms with Gasteiger partial charge < -0.3 is 10.2 Å². The molecule has 1 aliphatic heterocycles. The van der Waals surface area contributed by atoms with Gasteiger partial charge in [0.25, 0.3) is 0 Å². The summed E-state index contributed by atoms with van der Waals surface area (Å²) < 4.78 is 0. The third-order valence-electron chi connectivity index (χ3n) is 3.93. The van der Waals surface area contributed by atoms with Crippen molar-refractivity contribution in [3.63, 3.8) is 0 Å². The summed E-state index contributed by atoms with van der Waals surface area (Å²) >= 11 is 0. The van der Waals surface area contributed by atoms with Crippen molar-refractivity contribution in [1.29, 1.82) is 0 Å². The van der Waals surface area contributed by atoms with Crippen LogP contribution in [0.1, 0.15) is 19.4 Å². The fourth-order valence-electron chi connectivity index (χ4n) is 2.98. The number of nitrogens with zero attached hydrogens (tertiary/aromatic N) is 2. The second-order valence-corrected chi connectivity index (χ2v) is 6.21. The monoisotopic (exact) mass is 261 g/mol. The van der Waals surface area contributed by atoms with Crippen LogP contribution >= 0.6 is 0 Å². The molecule has 0 amide bonds. The molecular weight excluding hydrogens is 234 g/mol. The van der Waals surface area contributed by atoms with Crippen LogP contribution in [0.2, 0.25) is 0 Å².